The molecule has 0 unspecified atom stereocenters. The Balaban J connectivity index is 2.19. The third-order valence-electron chi connectivity index (χ3n) is 3.96. The van der Waals surface area contributed by atoms with Gasteiger partial charge in [0.1, 0.15) is 0 Å². The highest BCUT2D eigenvalue weighted by molar-refractivity contribution is 5.98. The van der Waals surface area contributed by atoms with Crippen LogP contribution < -0.4 is 4.90 Å². The maximum absolute atomic E-state index is 12.6. The molecule has 1 aromatic carbocycles. The number of hydrogen-bond donors (Lipinski definition) is 0. The molecule has 0 fully saturated rings. The van der Waals surface area contributed by atoms with Crippen LogP contribution in [0.25, 0.3) is 0 Å². The molecule has 1 aromatic heterocycles. The number of hydrogen-bond acceptors (Lipinski definition) is 5. The first-order chi connectivity index (χ1) is 11.2. The molecule has 0 saturated carbocycles. The van der Waals surface area contributed by atoms with Gasteiger partial charge in [0.15, 0.2) is 11.6 Å². The van der Waals surface area contributed by atoms with Gasteiger partial charge in [-0.2, -0.15) is 4.98 Å². The highest BCUT2D eigenvalue weighted by atomic mass is 16.5. The molecule has 130 valence electrons. The zero-order valence-corrected chi connectivity index (χ0v) is 15.5. The first-order valence-electron chi connectivity index (χ1n) is 8.43. The van der Waals surface area contributed by atoms with Crippen LogP contribution in [-0.4, -0.2) is 28.0 Å². The zero-order valence-electron chi connectivity index (χ0n) is 15.5. The topological polar surface area (TPSA) is 59.2 Å². The molecular formula is C19H27N3O2. The number of nitrogens with zero attached hydrogens (tertiary/aromatic N) is 3. The Hall–Kier alpha value is -2.17. The van der Waals surface area contributed by atoms with Crippen molar-refractivity contribution in [3.05, 3.63) is 40.7 Å². The Morgan fingerprint density at radius 3 is 2.58 bits per heavy atom. The summed E-state index contributed by atoms with van der Waals surface area (Å²) in [5, 5.41) is 4.00. The standard InChI is InChI=1S/C19H27N3O2/c1-7-10-22(19(4,5)6)18-20-17(21-24-18)12-16(23)15-11-13(2)8-9-14(15)3/h8-9,11H,7,10,12H2,1-6H3. The number of aryl methyl sites for hydroxylation is 2. The summed E-state index contributed by atoms with van der Waals surface area (Å²) in [6.45, 7) is 13.2. The van der Waals surface area contributed by atoms with Gasteiger partial charge in [-0.05, 0) is 52.7 Å². The lowest BCUT2D eigenvalue weighted by Gasteiger charge is -2.33. The second-order valence-electron chi connectivity index (χ2n) is 7.23. The number of rotatable bonds is 6. The molecule has 5 heteroatoms. The predicted molar refractivity (Wildman–Crippen MR) is 95.6 cm³/mol. The van der Waals surface area contributed by atoms with Gasteiger partial charge in [0.2, 0.25) is 0 Å². The summed E-state index contributed by atoms with van der Waals surface area (Å²) in [5.41, 5.74) is 2.65. The minimum atomic E-state index is -0.114. The largest absolute Gasteiger partial charge is 0.324 e. The molecule has 0 N–H and O–H groups in total. The third-order valence-corrected chi connectivity index (χ3v) is 3.96. The summed E-state index contributed by atoms with van der Waals surface area (Å²) in [4.78, 5) is 19.1. The van der Waals surface area contributed by atoms with E-state index in [1.54, 1.807) is 0 Å². The summed E-state index contributed by atoms with van der Waals surface area (Å²) in [7, 11) is 0. The second-order valence-corrected chi connectivity index (χ2v) is 7.23. The molecule has 0 aliphatic heterocycles. The number of benzene rings is 1. The molecule has 0 radical (unpaired) electrons. The van der Waals surface area contributed by atoms with Gasteiger partial charge in [0.25, 0.3) is 0 Å². The van der Waals surface area contributed by atoms with Gasteiger partial charge >= 0.3 is 6.01 Å². The van der Waals surface area contributed by atoms with E-state index in [0.717, 1.165) is 29.7 Å². The van der Waals surface area contributed by atoms with Crippen molar-refractivity contribution in [2.75, 3.05) is 11.4 Å². The van der Waals surface area contributed by atoms with Crippen LogP contribution in [0.3, 0.4) is 0 Å². The normalized spacial score (nSPS) is 11.6. The fourth-order valence-electron chi connectivity index (χ4n) is 2.64. The average Bonchev–Trinajstić information content (AvgIpc) is 2.93. The van der Waals surface area contributed by atoms with Gasteiger partial charge < -0.3 is 9.42 Å². The SMILES string of the molecule is CCCN(c1nc(CC(=O)c2cc(C)ccc2C)no1)C(C)(C)C. The summed E-state index contributed by atoms with van der Waals surface area (Å²) in [5.74, 6) is 0.447. The first-order valence-corrected chi connectivity index (χ1v) is 8.43. The zero-order chi connectivity index (χ0) is 17.9. The number of carbonyl (C=O) groups excluding carboxylic acids is 1. The summed E-state index contributed by atoms with van der Waals surface area (Å²) >= 11 is 0. The van der Waals surface area contributed by atoms with Crippen LogP contribution in [0, 0.1) is 13.8 Å². The second kappa shape index (κ2) is 7.16. The molecule has 24 heavy (non-hydrogen) atoms. The predicted octanol–water partition coefficient (Wildman–Crippen LogP) is 4.13. The van der Waals surface area contributed by atoms with Crippen molar-refractivity contribution in [2.45, 2.75) is 59.9 Å². The highest BCUT2D eigenvalue weighted by Gasteiger charge is 2.26. The molecule has 0 spiro atoms. The van der Waals surface area contributed by atoms with Crippen molar-refractivity contribution in [1.82, 2.24) is 10.1 Å². The molecule has 0 saturated heterocycles. The molecule has 0 atom stereocenters. The van der Waals surface area contributed by atoms with E-state index < -0.39 is 0 Å². The van der Waals surface area contributed by atoms with Crippen molar-refractivity contribution in [2.24, 2.45) is 0 Å². The van der Waals surface area contributed by atoms with E-state index >= 15 is 0 Å². The van der Waals surface area contributed by atoms with Crippen LogP contribution in [0.5, 0.6) is 0 Å². The van der Waals surface area contributed by atoms with Crippen LogP contribution in [-0.2, 0) is 6.42 Å². The van der Waals surface area contributed by atoms with Crippen molar-refractivity contribution in [3.63, 3.8) is 0 Å². The molecule has 2 aromatic rings. The number of carbonyl (C=O) groups is 1. The van der Waals surface area contributed by atoms with Crippen molar-refractivity contribution in [1.29, 1.82) is 0 Å². The fraction of sp³-hybridized carbons (Fsp3) is 0.526. The number of aromatic nitrogens is 2. The Morgan fingerprint density at radius 2 is 1.96 bits per heavy atom. The molecule has 0 aliphatic carbocycles. The van der Waals surface area contributed by atoms with Crippen LogP contribution in [0.4, 0.5) is 6.01 Å². The molecular weight excluding hydrogens is 302 g/mol. The Labute approximate surface area is 144 Å². The lowest BCUT2D eigenvalue weighted by atomic mass is 10.0. The van der Waals surface area contributed by atoms with E-state index in [2.05, 4.69) is 42.7 Å². The van der Waals surface area contributed by atoms with Gasteiger partial charge in [0.05, 0.1) is 6.42 Å². The van der Waals surface area contributed by atoms with E-state index in [1.165, 1.54) is 0 Å². The maximum atomic E-state index is 12.6. The van der Waals surface area contributed by atoms with Gasteiger partial charge in [0, 0.05) is 17.6 Å². The fourth-order valence-corrected chi connectivity index (χ4v) is 2.64. The number of anilines is 1. The molecule has 0 aliphatic rings. The van der Waals surface area contributed by atoms with Gasteiger partial charge in [-0.25, -0.2) is 0 Å². The lowest BCUT2D eigenvalue weighted by Crippen LogP contribution is -2.42. The smallest absolute Gasteiger partial charge is 0.320 e. The molecule has 0 amide bonds. The van der Waals surface area contributed by atoms with Gasteiger partial charge in [-0.15, -0.1) is 0 Å². The van der Waals surface area contributed by atoms with Crippen molar-refractivity contribution < 1.29 is 9.32 Å². The maximum Gasteiger partial charge on any atom is 0.324 e. The minimum Gasteiger partial charge on any atom is -0.320 e. The van der Waals surface area contributed by atoms with E-state index in [1.807, 2.05) is 32.0 Å². The van der Waals surface area contributed by atoms with Crippen LogP contribution in [0.1, 0.15) is 61.4 Å². The lowest BCUT2D eigenvalue weighted by molar-refractivity contribution is 0.0989. The first kappa shape index (κ1) is 18.2. The average molecular weight is 329 g/mol. The third kappa shape index (κ3) is 4.22. The van der Waals surface area contributed by atoms with E-state index in [4.69, 9.17) is 4.52 Å². The van der Waals surface area contributed by atoms with Crippen molar-refractivity contribution >= 4 is 11.8 Å². The molecule has 2 rings (SSSR count). The number of Topliss-reactive ketones (excluding diaryl/α,β-unsaturated/α-hetero) is 1. The molecule has 5 nitrogen and oxygen atoms in total. The van der Waals surface area contributed by atoms with Crippen molar-refractivity contribution in [3.8, 4) is 0 Å². The van der Waals surface area contributed by atoms with Gasteiger partial charge in [-0.3, -0.25) is 4.79 Å². The van der Waals surface area contributed by atoms with E-state index in [9.17, 15) is 4.79 Å². The highest BCUT2D eigenvalue weighted by Crippen LogP contribution is 2.23. The summed E-state index contributed by atoms with van der Waals surface area (Å²) in [6, 6.07) is 6.36. The minimum absolute atomic E-state index is 0.0151. The van der Waals surface area contributed by atoms with Crippen LogP contribution in [0.15, 0.2) is 22.7 Å². The van der Waals surface area contributed by atoms with Gasteiger partial charge in [-0.1, -0.05) is 29.8 Å². The Kier molecular flexibility index (Phi) is 5.42. The van der Waals surface area contributed by atoms with E-state index in [-0.39, 0.29) is 17.7 Å². The molecule has 0 bridgehead atoms. The van der Waals surface area contributed by atoms with Crippen LogP contribution in [0.2, 0.25) is 0 Å². The Morgan fingerprint density at radius 1 is 1.25 bits per heavy atom. The number of ketones is 1. The molecule has 1 heterocycles. The van der Waals surface area contributed by atoms with E-state index in [0.29, 0.717) is 11.8 Å². The Bertz CT molecular complexity index is 714. The monoisotopic (exact) mass is 329 g/mol. The summed E-state index contributed by atoms with van der Waals surface area (Å²) < 4.78 is 5.41. The quantitative estimate of drug-likeness (QED) is 0.746. The van der Waals surface area contributed by atoms with Crippen LogP contribution >= 0.6 is 0 Å². The summed E-state index contributed by atoms with van der Waals surface area (Å²) in [6.07, 6.45) is 1.13.